The molecule has 4 nitrogen and oxygen atoms in total. The summed E-state index contributed by atoms with van der Waals surface area (Å²) in [6.45, 7) is 5.89. The Morgan fingerprint density at radius 3 is 2.60 bits per heavy atom. The molecule has 0 radical (unpaired) electrons. The van der Waals surface area contributed by atoms with Crippen LogP contribution in [-0.4, -0.2) is 41.1 Å². The highest BCUT2D eigenvalue weighted by molar-refractivity contribution is 7.80. The Labute approximate surface area is 124 Å². The topological polar surface area (TPSA) is 55.6 Å². The fourth-order valence-electron chi connectivity index (χ4n) is 2.38. The molecule has 0 aromatic heterocycles. The Kier molecular flexibility index (Phi) is 4.40. The van der Waals surface area contributed by atoms with Crippen LogP contribution in [0.1, 0.15) is 25.0 Å². The molecule has 0 unspecified atom stereocenters. The molecule has 1 heterocycles. The molecule has 20 heavy (non-hydrogen) atoms. The molecule has 1 amide bonds. The van der Waals surface area contributed by atoms with Crippen molar-refractivity contribution in [3.8, 4) is 0 Å². The van der Waals surface area contributed by atoms with Crippen LogP contribution in [0.2, 0.25) is 0 Å². The zero-order chi connectivity index (χ0) is 14.8. The fourth-order valence-corrected chi connectivity index (χ4v) is 2.51. The Bertz CT molecular complexity index is 511. The summed E-state index contributed by atoms with van der Waals surface area (Å²) < 4.78 is 5.44. The monoisotopic (exact) mass is 292 g/mol. The molecule has 2 N–H and O–H groups in total. The largest absolute Gasteiger partial charge is 0.389 e. The van der Waals surface area contributed by atoms with Gasteiger partial charge in [0.15, 0.2) is 0 Å². The van der Waals surface area contributed by atoms with Gasteiger partial charge in [0.1, 0.15) is 4.99 Å². The maximum atomic E-state index is 12.4. The van der Waals surface area contributed by atoms with Crippen LogP contribution in [0.5, 0.6) is 0 Å². The van der Waals surface area contributed by atoms with Crippen molar-refractivity contribution >= 4 is 23.1 Å². The van der Waals surface area contributed by atoms with Crippen LogP contribution in [0.15, 0.2) is 24.3 Å². The quantitative estimate of drug-likeness (QED) is 0.858. The molecule has 0 saturated carbocycles. The Morgan fingerprint density at radius 1 is 1.40 bits per heavy atom. The van der Waals surface area contributed by atoms with Gasteiger partial charge in [0, 0.05) is 12.1 Å². The number of amides is 1. The summed E-state index contributed by atoms with van der Waals surface area (Å²) in [5.41, 5.74) is 7.11. The van der Waals surface area contributed by atoms with Gasteiger partial charge >= 0.3 is 0 Å². The van der Waals surface area contributed by atoms with Gasteiger partial charge in [0.25, 0.3) is 0 Å². The first kappa shape index (κ1) is 14.9. The van der Waals surface area contributed by atoms with Crippen molar-refractivity contribution in [1.29, 1.82) is 0 Å². The van der Waals surface area contributed by atoms with Gasteiger partial charge in [0.2, 0.25) is 5.91 Å². The number of hydrogen-bond acceptors (Lipinski definition) is 3. The molecule has 0 bridgehead atoms. The molecule has 1 aliphatic rings. The number of carbonyl (C=O) groups is 1. The Morgan fingerprint density at radius 2 is 2.05 bits per heavy atom. The second-order valence-corrected chi connectivity index (χ2v) is 6.09. The van der Waals surface area contributed by atoms with Crippen molar-refractivity contribution < 1.29 is 9.53 Å². The van der Waals surface area contributed by atoms with Gasteiger partial charge in [-0.15, -0.1) is 0 Å². The smallest absolute Gasteiger partial charge is 0.227 e. The lowest BCUT2D eigenvalue weighted by Crippen LogP contribution is -2.55. The maximum Gasteiger partial charge on any atom is 0.227 e. The standard InChI is InChI=1S/C15H20N2O2S/c1-15(2)10-19-8-7-17(15)13(18)9-11-3-5-12(6-4-11)14(16)20/h3-6H,7-10H2,1-2H3,(H2,16,20). The molecule has 0 atom stereocenters. The molecular formula is C15H20N2O2S. The maximum absolute atomic E-state index is 12.4. The molecule has 5 heteroatoms. The van der Waals surface area contributed by atoms with Gasteiger partial charge in [-0.05, 0) is 19.4 Å². The second kappa shape index (κ2) is 5.89. The average molecular weight is 292 g/mol. The highest BCUT2D eigenvalue weighted by Gasteiger charge is 2.33. The van der Waals surface area contributed by atoms with E-state index in [9.17, 15) is 4.79 Å². The number of morpholine rings is 1. The normalized spacial score (nSPS) is 17.8. The number of nitrogens with two attached hydrogens (primary N) is 1. The minimum atomic E-state index is -0.242. The lowest BCUT2D eigenvalue weighted by Gasteiger charge is -2.42. The molecule has 1 saturated heterocycles. The van der Waals surface area contributed by atoms with Crippen LogP contribution in [0.4, 0.5) is 0 Å². The van der Waals surface area contributed by atoms with Gasteiger partial charge in [-0.25, -0.2) is 0 Å². The lowest BCUT2D eigenvalue weighted by molar-refractivity contribution is -0.145. The summed E-state index contributed by atoms with van der Waals surface area (Å²) in [5, 5.41) is 0. The van der Waals surface area contributed by atoms with E-state index < -0.39 is 0 Å². The number of hydrogen-bond donors (Lipinski definition) is 1. The highest BCUT2D eigenvalue weighted by atomic mass is 32.1. The first-order chi connectivity index (χ1) is 9.40. The van der Waals surface area contributed by atoms with Crippen molar-refractivity contribution in [2.24, 2.45) is 5.73 Å². The van der Waals surface area contributed by atoms with Gasteiger partial charge in [-0.3, -0.25) is 4.79 Å². The van der Waals surface area contributed by atoms with Crippen LogP contribution < -0.4 is 5.73 Å². The minimum Gasteiger partial charge on any atom is -0.389 e. The zero-order valence-electron chi connectivity index (χ0n) is 11.9. The van der Waals surface area contributed by atoms with Crippen LogP contribution in [-0.2, 0) is 16.0 Å². The summed E-state index contributed by atoms with van der Waals surface area (Å²) in [4.78, 5) is 14.7. The average Bonchev–Trinajstić information content (AvgIpc) is 2.38. The summed E-state index contributed by atoms with van der Waals surface area (Å²) in [6, 6.07) is 7.52. The number of nitrogens with zero attached hydrogens (tertiary/aromatic N) is 1. The van der Waals surface area contributed by atoms with Crippen molar-refractivity contribution in [3.63, 3.8) is 0 Å². The molecule has 1 fully saturated rings. The zero-order valence-corrected chi connectivity index (χ0v) is 12.7. The van der Waals surface area contributed by atoms with E-state index in [1.165, 1.54) is 0 Å². The van der Waals surface area contributed by atoms with Crippen LogP contribution in [0.25, 0.3) is 0 Å². The number of rotatable bonds is 3. The van der Waals surface area contributed by atoms with Crippen molar-refractivity contribution in [3.05, 3.63) is 35.4 Å². The fraction of sp³-hybridized carbons (Fsp3) is 0.467. The SMILES string of the molecule is CC1(C)COCCN1C(=O)Cc1ccc(C(N)=S)cc1. The lowest BCUT2D eigenvalue weighted by atomic mass is 10.0. The van der Waals surface area contributed by atoms with Crippen molar-refractivity contribution in [1.82, 2.24) is 4.90 Å². The predicted octanol–water partition coefficient (Wildman–Crippen LogP) is 1.50. The predicted molar refractivity (Wildman–Crippen MR) is 82.6 cm³/mol. The van der Waals surface area contributed by atoms with E-state index in [1.54, 1.807) is 0 Å². The Hall–Kier alpha value is -1.46. The van der Waals surface area contributed by atoms with E-state index >= 15 is 0 Å². The summed E-state index contributed by atoms with van der Waals surface area (Å²) in [5.74, 6) is 0.126. The van der Waals surface area contributed by atoms with E-state index in [-0.39, 0.29) is 11.4 Å². The molecule has 1 aliphatic heterocycles. The summed E-state index contributed by atoms with van der Waals surface area (Å²) in [7, 11) is 0. The molecule has 1 aromatic carbocycles. The van der Waals surface area contributed by atoms with Crippen LogP contribution in [0.3, 0.4) is 0 Å². The summed E-state index contributed by atoms with van der Waals surface area (Å²) in [6.07, 6.45) is 0.390. The van der Waals surface area contributed by atoms with E-state index in [1.807, 2.05) is 43.0 Å². The first-order valence-corrected chi connectivity index (χ1v) is 7.08. The highest BCUT2D eigenvalue weighted by Crippen LogP contribution is 2.20. The minimum absolute atomic E-state index is 0.126. The van der Waals surface area contributed by atoms with E-state index in [0.717, 1.165) is 11.1 Å². The molecule has 2 rings (SSSR count). The van der Waals surface area contributed by atoms with Gasteiger partial charge in [0.05, 0.1) is 25.2 Å². The number of ether oxygens (including phenoxy) is 1. The number of benzene rings is 1. The third kappa shape index (κ3) is 3.35. The Balaban J connectivity index is 2.05. The number of thiocarbonyl (C=S) groups is 1. The van der Waals surface area contributed by atoms with Crippen molar-refractivity contribution in [2.75, 3.05) is 19.8 Å². The molecular weight excluding hydrogens is 272 g/mol. The van der Waals surface area contributed by atoms with Gasteiger partial charge in [-0.1, -0.05) is 36.5 Å². The molecule has 0 spiro atoms. The van der Waals surface area contributed by atoms with E-state index in [2.05, 4.69) is 0 Å². The second-order valence-electron chi connectivity index (χ2n) is 5.65. The number of carbonyl (C=O) groups excluding carboxylic acids is 1. The first-order valence-electron chi connectivity index (χ1n) is 6.67. The van der Waals surface area contributed by atoms with Crippen LogP contribution >= 0.6 is 12.2 Å². The molecule has 0 aliphatic carbocycles. The molecule has 1 aromatic rings. The third-order valence-electron chi connectivity index (χ3n) is 3.54. The van der Waals surface area contributed by atoms with Gasteiger partial charge in [-0.2, -0.15) is 0 Å². The van der Waals surface area contributed by atoms with Gasteiger partial charge < -0.3 is 15.4 Å². The van der Waals surface area contributed by atoms with Crippen molar-refractivity contribution in [2.45, 2.75) is 25.8 Å². The summed E-state index contributed by atoms with van der Waals surface area (Å²) >= 11 is 4.91. The van der Waals surface area contributed by atoms with Crippen LogP contribution in [0, 0.1) is 0 Å². The molecule has 108 valence electrons. The third-order valence-corrected chi connectivity index (χ3v) is 3.78. The van der Waals surface area contributed by atoms with E-state index in [0.29, 0.717) is 31.2 Å². The van der Waals surface area contributed by atoms with E-state index in [4.69, 9.17) is 22.7 Å².